The summed E-state index contributed by atoms with van der Waals surface area (Å²) in [6.45, 7) is 2.72. The molecule has 0 aromatic heterocycles. The summed E-state index contributed by atoms with van der Waals surface area (Å²) in [4.78, 5) is 28.7. The fraction of sp³-hybridized carbons (Fsp3) is 0.556. The summed E-state index contributed by atoms with van der Waals surface area (Å²) in [7, 11) is -3.07. The highest BCUT2D eigenvalue weighted by atomic mass is 32.2. The van der Waals surface area contributed by atoms with Crippen LogP contribution in [0.3, 0.4) is 0 Å². The van der Waals surface area contributed by atoms with E-state index in [0.29, 0.717) is 30.2 Å². The first kappa shape index (κ1) is 18.1. The Morgan fingerprint density at radius 1 is 1.30 bits per heavy atom. The van der Waals surface area contributed by atoms with Gasteiger partial charge in [0.05, 0.1) is 17.4 Å². The molecule has 1 aromatic rings. The number of fused-ring (bicyclic) bond motifs is 1. The van der Waals surface area contributed by atoms with E-state index >= 15 is 0 Å². The minimum Gasteiger partial charge on any atom is -0.454 e. The van der Waals surface area contributed by atoms with Gasteiger partial charge in [0.25, 0.3) is 0 Å². The van der Waals surface area contributed by atoms with E-state index in [4.69, 9.17) is 9.47 Å². The number of amides is 2. The molecule has 3 aliphatic heterocycles. The molecule has 2 atom stereocenters. The molecular weight excluding hydrogens is 372 g/mol. The van der Waals surface area contributed by atoms with Gasteiger partial charge in [0.1, 0.15) is 0 Å². The third kappa shape index (κ3) is 3.36. The molecule has 2 unspecified atom stereocenters. The van der Waals surface area contributed by atoms with E-state index in [9.17, 15) is 18.0 Å². The number of rotatable bonds is 4. The molecule has 2 saturated heterocycles. The lowest BCUT2D eigenvalue weighted by molar-refractivity contribution is -0.137. The van der Waals surface area contributed by atoms with Crippen LogP contribution < -0.4 is 14.4 Å². The van der Waals surface area contributed by atoms with Crippen molar-refractivity contribution in [1.82, 2.24) is 4.90 Å². The van der Waals surface area contributed by atoms with Crippen LogP contribution >= 0.6 is 0 Å². The second kappa shape index (κ2) is 6.70. The van der Waals surface area contributed by atoms with E-state index in [-0.39, 0.29) is 49.1 Å². The van der Waals surface area contributed by atoms with Crippen molar-refractivity contribution in [3.63, 3.8) is 0 Å². The molecule has 4 rings (SSSR count). The minimum absolute atomic E-state index is 0.0130. The second-order valence-electron chi connectivity index (χ2n) is 7.12. The van der Waals surface area contributed by atoms with Crippen LogP contribution in [0.1, 0.15) is 19.8 Å². The van der Waals surface area contributed by atoms with Gasteiger partial charge in [-0.15, -0.1) is 0 Å². The molecule has 27 heavy (non-hydrogen) atoms. The zero-order valence-corrected chi connectivity index (χ0v) is 15.9. The normalized spacial score (nSPS) is 25.8. The number of anilines is 1. The minimum atomic E-state index is -3.07. The van der Waals surface area contributed by atoms with E-state index in [1.807, 2.05) is 6.92 Å². The van der Waals surface area contributed by atoms with Crippen LogP contribution in [0.15, 0.2) is 18.2 Å². The Balaban J connectivity index is 1.49. The summed E-state index contributed by atoms with van der Waals surface area (Å²) in [5.74, 6) is 0.622. The number of carbonyl (C=O) groups excluding carboxylic acids is 2. The van der Waals surface area contributed by atoms with E-state index in [1.54, 1.807) is 28.0 Å². The van der Waals surface area contributed by atoms with Gasteiger partial charge in [0.2, 0.25) is 18.6 Å². The van der Waals surface area contributed by atoms with Gasteiger partial charge < -0.3 is 19.3 Å². The van der Waals surface area contributed by atoms with Crippen molar-refractivity contribution >= 4 is 27.3 Å². The fourth-order valence-electron chi connectivity index (χ4n) is 4.03. The summed E-state index contributed by atoms with van der Waals surface area (Å²) in [6.07, 6.45) is 0.595. The summed E-state index contributed by atoms with van der Waals surface area (Å²) < 4.78 is 34.2. The van der Waals surface area contributed by atoms with Crippen molar-refractivity contribution in [3.05, 3.63) is 18.2 Å². The lowest BCUT2D eigenvalue weighted by Crippen LogP contribution is -2.44. The van der Waals surface area contributed by atoms with Crippen LogP contribution in [0.5, 0.6) is 11.5 Å². The molecule has 2 fully saturated rings. The molecule has 0 aliphatic carbocycles. The quantitative estimate of drug-likeness (QED) is 0.750. The van der Waals surface area contributed by atoms with E-state index in [1.165, 1.54) is 0 Å². The van der Waals surface area contributed by atoms with E-state index in [0.717, 1.165) is 0 Å². The van der Waals surface area contributed by atoms with Gasteiger partial charge in [0.15, 0.2) is 21.3 Å². The first-order chi connectivity index (χ1) is 12.9. The second-order valence-corrected chi connectivity index (χ2v) is 9.35. The summed E-state index contributed by atoms with van der Waals surface area (Å²) in [5.41, 5.74) is 0.672. The number of sulfone groups is 1. The lowest BCUT2D eigenvalue weighted by atomic mass is 10.1. The average Bonchev–Trinajstić information content (AvgIpc) is 3.33. The standard InChI is InChI=1S/C18H22N2O6S/c1-2-19(14-5-6-27(23,24)10-14)18(22)12-7-17(21)20(9-12)13-3-4-15-16(8-13)26-11-25-15/h3-4,8,12,14H,2,5-7,9-11H2,1H3. The molecule has 0 saturated carbocycles. The van der Waals surface area contributed by atoms with Crippen molar-refractivity contribution in [2.45, 2.75) is 25.8 Å². The Hall–Kier alpha value is -2.29. The lowest BCUT2D eigenvalue weighted by Gasteiger charge is -2.29. The molecule has 0 spiro atoms. The van der Waals surface area contributed by atoms with Gasteiger partial charge >= 0.3 is 0 Å². The van der Waals surface area contributed by atoms with Crippen LogP contribution in [0.25, 0.3) is 0 Å². The maximum atomic E-state index is 13.0. The monoisotopic (exact) mass is 394 g/mol. The molecule has 8 nitrogen and oxygen atoms in total. The maximum Gasteiger partial charge on any atom is 0.231 e. The van der Waals surface area contributed by atoms with Crippen LogP contribution in [0.4, 0.5) is 5.69 Å². The highest BCUT2D eigenvalue weighted by molar-refractivity contribution is 7.91. The third-order valence-electron chi connectivity index (χ3n) is 5.42. The molecule has 0 N–H and O–H groups in total. The fourth-order valence-corrected chi connectivity index (χ4v) is 5.76. The van der Waals surface area contributed by atoms with Crippen molar-refractivity contribution in [2.24, 2.45) is 5.92 Å². The number of carbonyl (C=O) groups is 2. The number of ether oxygens (including phenoxy) is 2. The molecule has 0 bridgehead atoms. The Morgan fingerprint density at radius 2 is 2.07 bits per heavy atom. The van der Waals surface area contributed by atoms with Crippen LogP contribution in [-0.4, -0.2) is 62.6 Å². The van der Waals surface area contributed by atoms with E-state index in [2.05, 4.69) is 0 Å². The van der Waals surface area contributed by atoms with Crippen LogP contribution in [0, 0.1) is 5.92 Å². The number of hydrogen-bond donors (Lipinski definition) is 0. The molecule has 146 valence electrons. The van der Waals surface area contributed by atoms with Gasteiger partial charge in [0, 0.05) is 37.3 Å². The smallest absolute Gasteiger partial charge is 0.231 e. The summed E-state index contributed by atoms with van der Waals surface area (Å²) in [5, 5.41) is 0. The number of nitrogens with zero attached hydrogens (tertiary/aromatic N) is 2. The molecular formula is C18H22N2O6S. The largest absolute Gasteiger partial charge is 0.454 e. The number of benzene rings is 1. The summed E-state index contributed by atoms with van der Waals surface area (Å²) in [6, 6.07) is 4.98. The molecule has 3 aliphatic rings. The average molecular weight is 394 g/mol. The summed E-state index contributed by atoms with van der Waals surface area (Å²) >= 11 is 0. The SMILES string of the molecule is CCN(C(=O)C1CC(=O)N(c2ccc3c(c2)OCO3)C1)C1CCS(=O)(=O)C1. The predicted octanol–water partition coefficient (Wildman–Crippen LogP) is 0.804. The van der Waals surface area contributed by atoms with Crippen molar-refractivity contribution in [3.8, 4) is 11.5 Å². The first-order valence-electron chi connectivity index (χ1n) is 9.09. The molecule has 9 heteroatoms. The highest BCUT2D eigenvalue weighted by Crippen LogP contribution is 2.37. The molecule has 2 amide bonds. The molecule has 1 aromatic carbocycles. The van der Waals surface area contributed by atoms with Gasteiger partial charge in [-0.1, -0.05) is 0 Å². The van der Waals surface area contributed by atoms with Gasteiger partial charge in [-0.25, -0.2) is 8.42 Å². The maximum absolute atomic E-state index is 13.0. The third-order valence-corrected chi connectivity index (χ3v) is 7.17. The Bertz CT molecular complexity index is 884. The predicted molar refractivity (Wildman–Crippen MR) is 97.5 cm³/mol. The molecule has 0 radical (unpaired) electrons. The number of hydrogen-bond acceptors (Lipinski definition) is 6. The zero-order chi connectivity index (χ0) is 19.2. The first-order valence-corrected chi connectivity index (χ1v) is 10.9. The highest BCUT2D eigenvalue weighted by Gasteiger charge is 2.41. The van der Waals surface area contributed by atoms with Crippen LogP contribution in [-0.2, 0) is 19.4 Å². The topological polar surface area (TPSA) is 93.2 Å². The zero-order valence-electron chi connectivity index (χ0n) is 15.1. The Morgan fingerprint density at radius 3 is 2.78 bits per heavy atom. The van der Waals surface area contributed by atoms with Gasteiger partial charge in [-0.3, -0.25) is 9.59 Å². The van der Waals surface area contributed by atoms with Gasteiger partial charge in [-0.2, -0.15) is 0 Å². The van der Waals surface area contributed by atoms with Crippen molar-refractivity contribution < 1.29 is 27.5 Å². The molecule has 3 heterocycles. The van der Waals surface area contributed by atoms with Crippen molar-refractivity contribution in [1.29, 1.82) is 0 Å². The Kier molecular flexibility index (Phi) is 4.49. The van der Waals surface area contributed by atoms with Gasteiger partial charge in [-0.05, 0) is 25.5 Å². The van der Waals surface area contributed by atoms with Crippen LogP contribution in [0.2, 0.25) is 0 Å². The van der Waals surface area contributed by atoms with Crippen molar-refractivity contribution in [2.75, 3.05) is 36.3 Å². The van der Waals surface area contributed by atoms with E-state index < -0.39 is 15.8 Å². The Labute approximate surface area is 157 Å².